The van der Waals surface area contributed by atoms with Gasteiger partial charge in [0.2, 0.25) is 5.91 Å². The van der Waals surface area contributed by atoms with Gasteiger partial charge >= 0.3 is 0 Å². The number of methoxy groups -OCH3 is 2. The number of rotatable bonds is 3. The van der Waals surface area contributed by atoms with E-state index in [0.29, 0.717) is 20.6 Å². The van der Waals surface area contributed by atoms with Crippen LogP contribution in [0.5, 0.6) is 11.5 Å². The summed E-state index contributed by atoms with van der Waals surface area (Å²) in [7, 11) is 3.06. The summed E-state index contributed by atoms with van der Waals surface area (Å²) < 4.78 is 10.9. The largest absolute Gasteiger partial charge is 0.493 e. The van der Waals surface area contributed by atoms with Crippen LogP contribution >= 0.6 is 22.6 Å². The number of nitrogens with two attached hydrogens (primary N) is 1. The van der Waals surface area contributed by atoms with Gasteiger partial charge in [0.05, 0.1) is 23.4 Å². The molecule has 0 radical (unpaired) electrons. The van der Waals surface area contributed by atoms with Crippen molar-refractivity contribution >= 4 is 28.5 Å². The zero-order valence-corrected chi connectivity index (χ0v) is 9.99. The molecule has 1 amide bonds. The summed E-state index contributed by atoms with van der Waals surface area (Å²) in [6, 6.07) is 3.27. The van der Waals surface area contributed by atoms with E-state index in [9.17, 15) is 4.79 Å². The topological polar surface area (TPSA) is 61.5 Å². The Bertz CT molecular complexity index is 365. The number of primary amides is 1. The molecule has 0 heterocycles. The van der Waals surface area contributed by atoms with Gasteiger partial charge in [0, 0.05) is 0 Å². The Labute approximate surface area is 95.5 Å². The van der Waals surface area contributed by atoms with Crippen LogP contribution < -0.4 is 15.2 Å². The van der Waals surface area contributed by atoms with E-state index in [-0.39, 0.29) is 0 Å². The molecule has 0 fully saturated rings. The van der Waals surface area contributed by atoms with Crippen LogP contribution in [0.3, 0.4) is 0 Å². The fourth-order valence-corrected chi connectivity index (χ4v) is 2.01. The Kier molecular flexibility index (Phi) is 3.56. The smallest absolute Gasteiger partial charge is 0.249 e. The number of hydrogen-bond donors (Lipinski definition) is 1. The number of carbonyl (C=O) groups is 1. The lowest BCUT2D eigenvalue weighted by Crippen LogP contribution is -2.13. The van der Waals surface area contributed by atoms with Gasteiger partial charge in [-0.1, -0.05) is 0 Å². The number of benzene rings is 1. The van der Waals surface area contributed by atoms with Crippen LogP contribution in [0.1, 0.15) is 10.4 Å². The fourth-order valence-electron chi connectivity index (χ4n) is 1.08. The van der Waals surface area contributed by atoms with Crippen molar-refractivity contribution in [2.24, 2.45) is 5.73 Å². The minimum atomic E-state index is -0.477. The van der Waals surface area contributed by atoms with Crippen molar-refractivity contribution in [2.75, 3.05) is 14.2 Å². The van der Waals surface area contributed by atoms with E-state index in [1.54, 1.807) is 12.1 Å². The lowest BCUT2D eigenvalue weighted by Gasteiger charge is -2.11. The van der Waals surface area contributed by atoms with Gasteiger partial charge in [0.15, 0.2) is 11.5 Å². The zero-order chi connectivity index (χ0) is 10.7. The Morgan fingerprint density at radius 2 is 2.00 bits per heavy atom. The van der Waals surface area contributed by atoms with E-state index in [4.69, 9.17) is 15.2 Å². The van der Waals surface area contributed by atoms with E-state index in [1.807, 2.05) is 22.6 Å². The molecular weight excluding hydrogens is 297 g/mol. The number of ether oxygens (including phenoxy) is 2. The summed E-state index contributed by atoms with van der Waals surface area (Å²) >= 11 is 2.00. The molecular formula is C9H10INO3. The average Bonchev–Trinajstić information content (AvgIpc) is 2.16. The van der Waals surface area contributed by atoms with E-state index in [2.05, 4.69) is 0 Å². The number of hydrogen-bond acceptors (Lipinski definition) is 3. The summed E-state index contributed by atoms with van der Waals surface area (Å²) in [6.45, 7) is 0. The molecule has 0 unspecified atom stereocenters. The summed E-state index contributed by atoms with van der Waals surface area (Å²) in [5.74, 6) is 0.640. The molecule has 0 bridgehead atoms. The monoisotopic (exact) mass is 307 g/mol. The Morgan fingerprint density at radius 3 is 2.43 bits per heavy atom. The van der Waals surface area contributed by atoms with Gasteiger partial charge in [-0.2, -0.15) is 0 Å². The van der Waals surface area contributed by atoms with E-state index in [0.717, 1.165) is 0 Å². The second-order valence-corrected chi connectivity index (χ2v) is 3.61. The lowest BCUT2D eigenvalue weighted by molar-refractivity contribution is 0.0999. The molecule has 0 atom stereocenters. The third kappa shape index (κ3) is 1.92. The first-order valence-corrected chi connectivity index (χ1v) is 4.90. The number of halogens is 1. The molecule has 0 aliphatic rings. The van der Waals surface area contributed by atoms with Crippen molar-refractivity contribution in [3.8, 4) is 11.5 Å². The highest BCUT2D eigenvalue weighted by Crippen LogP contribution is 2.34. The molecule has 0 aromatic heterocycles. The quantitative estimate of drug-likeness (QED) is 0.859. The maximum absolute atomic E-state index is 11.0. The third-order valence-electron chi connectivity index (χ3n) is 1.75. The molecule has 1 aromatic carbocycles. The minimum Gasteiger partial charge on any atom is -0.493 e. The van der Waals surface area contributed by atoms with Crippen molar-refractivity contribution in [1.82, 2.24) is 0 Å². The van der Waals surface area contributed by atoms with Crippen molar-refractivity contribution in [2.45, 2.75) is 0 Å². The Balaban J connectivity index is 3.34. The minimum absolute atomic E-state index is 0.434. The van der Waals surface area contributed by atoms with Gasteiger partial charge in [-0.15, -0.1) is 0 Å². The molecule has 0 aliphatic carbocycles. The molecule has 14 heavy (non-hydrogen) atoms. The summed E-state index contributed by atoms with van der Waals surface area (Å²) in [6.07, 6.45) is 0. The van der Waals surface area contributed by atoms with Gasteiger partial charge < -0.3 is 15.2 Å². The molecule has 5 heteroatoms. The molecule has 1 rings (SSSR count). The van der Waals surface area contributed by atoms with Gasteiger partial charge in [0.25, 0.3) is 0 Å². The van der Waals surface area contributed by atoms with Crippen LogP contribution in [0, 0.1) is 3.57 Å². The van der Waals surface area contributed by atoms with E-state index >= 15 is 0 Å². The Morgan fingerprint density at radius 1 is 1.36 bits per heavy atom. The fraction of sp³-hybridized carbons (Fsp3) is 0.222. The van der Waals surface area contributed by atoms with E-state index < -0.39 is 5.91 Å². The highest BCUT2D eigenvalue weighted by atomic mass is 127. The molecule has 0 saturated carbocycles. The first-order valence-electron chi connectivity index (χ1n) is 3.82. The molecule has 0 aliphatic heterocycles. The maximum Gasteiger partial charge on any atom is 0.249 e. The third-order valence-corrected chi connectivity index (χ3v) is 2.82. The van der Waals surface area contributed by atoms with Crippen molar-refractivity contribution in [3.63, 3.8) is 0 Å². The molecule has 2 N–H and O–H groups in total. The zero-order valence-electron chi connectivity index (χ0n) is 7.83. The maximum atomic E-state index is 11.0. The van der Waals surface area contributed by atoms with Crippen molar-refractivity contribution in [1.29, 1.82) is 0 Å². The molecule has 0 spiro atoms. The molecule has 1 aromatic rings. The first kappa shape index (κ1) is 11.1. The second kappa shape index (κ2) is 4.50. The van der Waals surface area contributed by atoms with Gasteiger partial charge in [-0.05, 0) is 34.7 Å². The van der Waals surface area contributed by atoms with E-state index in [1.165, 1.54) is 14.2 Å². The standard InChI is InChI=1S/C9H10INO3/c1-13-6-4-3-5(9(11)12)7(10)8(6)14-2/h3-4H,1-2H3,(H2,11,12). The van der Waals surface area contributed by atoms with Crippen LogP contribution in [0.15, 0.2) is 12.1 Å². The van der Waals surface area contributed by atoms with Crippen LogP contribution in [-0.2, 0) is 0 Å². The first-order chi connectivity index (χ1) is 6.61. The normalized spacial score (nSPS) is 9.64. The van der Waals surface area contributed by atoms with Crippen LogP contribution in [0.2, 0.25) is 0 Å². The van der Waals surface area contributed by atoms with Gasteiger partial charge in [-0.25, -0.2) is 0 Å². The number of amides is 1. The summed E-state index contributed by atoms with van der Waals surface area (Å²) in [5.41, 5.74) is 5.62. The molecule has 76 valence electrons. The predicted molar refractivity (Wildman–Crippen MR) is 60.8 cm³/mol. The van der Waals surface area contributed by atoms with Gasteiger partial charge in [-0.3, -0.25) is 4.79 Å². The van der Waals surface area contributed by atoms with Crippen LogP contribution in [0.4, 0.5) is 0 Å². The average molecular weight is 307 g/mol. The molecule has 0 saturated heterocycles. The van der Waals surface area contributed by atoms with Crippen LogP contribution in [-0.4, -0.2) is 20.1 Å². The van der Waals surface area contributed by atoms with Crippen molar-refractivity contribution < 1.29 is 14.3 Å². The van der Waals surface area contributed by atoms with Gasteiger partial charge in [0.1, 0.15) is 0 Å². The highest BCUT2D eigenvalue weighted by Gasteiger charge is 2.15. The summed E-state index contributed by atoms with van der Waals surface area (Å²) in [4.78, 5) is 11.0. The SMILES string of the molecule is COc1ccc(C(N)=O)c(I)c1OC. The lowest BCUT2D eigenvalue weighted by atomic mass is 10.2. The summed E-state index contributed by atoms with van der Waals surface area (Å²) in [5, 5.41) is 0. The predicted octanol–water partition coefficient (Wildman–Crippen LogP) is 1.41. The number of carbonyl (C=O) groups excluding carboxylic acids is 1. The van der Waals surface area contributed by atoms with Crippen molar-refractivity contribution in [3.05, 3.63) is 21.3 Å². The molecule has 4 nitrogen and oxygen atoms in total. The second-order valence-electron chi connectivity index (χ2n) is 2.53. The van der Waals surface area contributed by atoms with Crippen LogP contribution in [0.25, 0.3) is 0 Å². The Hall–Kier alpha value is -0.980. The highest BCUT2D eigenvalue weighted by molar-refractivity contribution is 14.1.